The molecule has 1 atom stereocenters. The highest BCUT2D eigenvalue weighted by Crippen LogP contribution is 2.22. The Morgan fingerprint density at radius 1 is 1.10 bits per heavy atom. The first-order valence-electron chi connectivity index (χ1n) is 6.78. The van der Waals surface area contributed by atoms with E-state index < -0.39 is 11.6 Å². The molecule has 1 unspecified atom stereocenters. The van der Waals surface area contributed by atoms with Crippen LogP contribution in [0.4, 0.5) is 8.78 Å². The molecule has 0 aliphatic carbocycles. The SMILES string of the molecule is NC(CCc1ccccc1)c1nc2c(F)c(F)ccc2[nH]1. The molecule has 0 bridgehead atoms. The molecule has 1 aromatic heterocycles. The number of imidazole rings is 1. The minimum absolute atomic E-state index is 0.000149. The summed E-state index contributed by atoms with van der Waals surface area (Å²) in [5.74, 6) is -1.37. The molecule has 0 fully saturated rings. The van der Waals surface area contributed by atoms with Crippen LogP contribution in [0.15, 0.2) is 42.5 Å². The lowest BCUT2D eigenvalue weighted by Crippen LogP contribution is -2.13. The Bertz CT molecular complexity index is 753. The van der Waals surface area contributed by atoms with Gasteiger partial charge in [-0.15, -0.1) is 0 Å². The quantitative estimate of drug-likeness (QED) is 0.772. The van der Waals surface area contributed by atoms with Crippen molar-refractivity contribution in [3.63, 3.8) is 0 Å². The van der Waals surface area contributed by atoms with Crippen LogP contribution in [0.25, 0.3) is 11.0 Å². The average molecular weight is 287 g/mol. The van der Waals surface area contributed by atoms with E-state index in [1.54, 1.807) is 0 Å². The first kappa shape index (κ1) is 13.7. The predicted molar refractivity (Wildman–Crippen MR) is 77.7 cm³/mol. The average Bonchev–Trinajstić information content (AvgIpc) is 2.95. The Morgan fingerprint density at radius 3 is 2.62 bits per heavy atom. The van der Waals surface area contributed by atoms with Crippen molar-refractivity contribution in [2.75, 3.05) is 0 Å². The monoisotopic (exact) mass is 287 g/mol. The molecule has 3 rings (SSSR count). The largest absolute Gasteiger partial charge is 0.341 e. The fraction of sp³-hybridized carbons (Fsp3) is 0.188. The van der Waals surface area contributed by atoms with E-state index in [0.717, 1.165) is 12.5 Å². The Morgan fingerprint density at radius 2 is 1.86 bits per heavy atom. The lowest BCUT2D eigenvalue weighted by molar-refractivity contribution is 0.515. The summed E-state index contributed by atoms with van der Waals surface area (Å²) in [6, 6.07) is 12.2. The molecular weight excluding hydrogens is 272 g/mol. The summed E-state index contributed by atoms with van der Waals surface area (Å²) in [6.07, 6.45) is 1.48. The second kappa shape index (κ2) is 5.61. The van der Waals surface area contributed by atoms with E-state index in [1.165, 1.54) is 11.6 Å². The van der Waals surface area contributed by atoms with Gasteiger partial charge in [0.25, 0.3) is 0 Å². The number of nitrogens with zero attached hydrogens (tertiary/aromatic N) is 1. The summed E-state index contributed by atoms with van der Waals surface area (Å²) in [5.41, 5.74) is 7.72. The summed E-state index contributed by atoms with van der Waals surface area (Å²) in [5, 5.41) is 0. The predicted octanol–water partition coefficient (Wildman–Crippen LogP) is 3.47. The number of nitrogens with two attached hydrogens (primary N) is 1. The van der Waals surface area contributed by atoms with Crippen LogP contribution in [-0.4, -0.2) is 9.97 Å². The topological polar surface area (TPSA) is 54.7 Å². The Hall–Kier alpha value is -2.27. The van der Waals surface area contributed by atoms with E-state index in [4.69, 9.17) is 5.73 Å². The van der Waals surface area contributed by atoms with Gasteiger partial charge in [0.2, 0.25) is 0 Å². The maximum Gasteiger partial charge on any atom is 0.186 e. The highest BCUT2D eigenvalue weighted by atomic mass is 19.2. The van der Waals surface area contributed by atoms with E-state index in [-0.39, 0.29) is 11.6 Å². The maximum absolute atomic E-state index is 13.6. The Balaban J connectivity index is 1.78. The number of fused-ring (bicyclic) bond motifs is 1. The van der Waals surface area contributed by atoms with Gasteiger partial charge in [0.1, 0.15) is 11.3 Å². The number of nitrogens with one attached hydrogen (secondary N) is 1. The molecule has 3 aromatic rings. The minimum Gasteiger partial charge on any atom is -0.341 e. The van der Waals surface area contributed by atoms with Gasteiger partial charge in [0.15, 0.2) is 11.6 Å². The van der Waals surface area contributed by atoms with Gasteiger partial charge in [-0.2, -0.15) is 0 Å². The fourth-order valence-corrected chi connectivity index (χ4v) is 2.32. The number of aryl methyl sites for hydroxylation is 1. The first-order valence-corrected chi connectivity index (χ1v) is 6.78. The molecular formula is C16H15F2N3. The summed E-state index contributed by atoms with van der Waals surface area (Å²) >= 11 is 0. The molecule has 3 nitrogen and oxygen atoms in total. The molecule has 2 aromatic carbocycles. The number of H-pyrrole nitrogens is 1. The number of aromatic nitrogens is 2. The van der Waals surface area contributed by atoms with Gasteiger partial charge in [-0.3, -0.25) is 0 Å². The van der Waals surface area contributed by atoms with Crippen molar-refractivity contribution in [2.45, 2.75) is 18.9 Å². The summed E-state index contributed by atoms with van der Waals surface area (Å²) in [7, 11) is 0. The lowest BCUT2D eigenvalue weighted by Gasteiger charge is -2.08. The summed E-state index contributed by atoms with van der Waals surface area (Å²) in [6.45, 7) is 0. The zero-order valence-electron chi connectivity index (χ0n) is 11.3. The van der Waals surface area contributed by atoms with Crippen molar-refractivity contribution in [1.82, 2.24) is 9.97 Å². The fourth-order valence-electron chi connectivity index (χ4n) is 2.32. The standard InChI is InChI=1S/C16H15F2N3/c17-11-7-9-13-15(14(11)18)21-16(20-13)12(19)8-6-10-4-2-1-3-5-10/h1-5,7,9,12H,6,8,19H2,(H,20,21). The van der Waals surface area contributed by atoms with Crippen LogP contribution in [0.2, 0.25) is 0 Å². The van der Waals surface area contributed by atoms with E-state index in [0.29, 0.717) is 17.8 Å². The van der Waals surface area contributed by atoms with Crippen LogP contribution < -0.4 is 5.73 Å². The van der Waals surface area contributed by atoms with Crippen LogP contribution in [0, 0.1) is 11.6 Å². The maximum atomic E-state index is 13.6. The zero-order valence-corrected chi connectivity index (χ0v) is 11.3. The van der Waals surface area contributed by atoms with E-state index >= 15 is 0 Å². The summed E-state index contributed by atoms with van der Waals surface area (Å²) in [4.78, 5) is 7.05. The third-order valence-electron chi connectivity index (χ3n) is 3.50. The van der Waals surface area contributed by atoms with Crippen LogP contribution in [-0.2, 0) is 6.42 Å². The number of rotatable bonds is 4. The molecule has 5 heteroatoms. The summed E-state index contributed by atoms with van der Waals surface area (Å²) < 4.78 is 26.8. The molecule has 1 heterocycles. The van der Waals surface area contributed by atoms with Crippen LogP contribution in [0.5, 0.6) is 0 Å². The van der Waals surface area contributed by atoms with E-state index in [1.807, 2.05) is 30.3 Å². The van der Waals surface area contributed by atoms with Crippen molar-refractivity contribution in [2.24, 2.45) is 5.73 Å². The number of hydrogen-bond acceptors (Lipinski definition) is 2. The highest BCUT2D eigenvalue weighted by molar-refractivity contribution is 5.75. The van der Waals surface area contributed by atoms with Gasteiger partial charge < -0.3 is 10.7 Å². The molecule has 0 spiro atoms. The van der Waals surface area contributed by atoms with Crippen LogP contribution >= 0.6 is 0 Å². The van der Waals surface area contributed by atoms with Crippen molar-refractivity contribution >= 4 is 11.0 Å². The molecule has 0 amide bonds. The van der Waals surface area contributed by atoms with Crippen molar-refractivity contribution < 1.29 is 8.78 Å². The molecule has 0 saturated heterocycles. The van der Waals surface area contributed by atoms with Gasteiger partial charge in [0.05, 0.1) is 11.6 Å². The van der Waals surface area contributed by atoms with Crippen LogP contribution in [0.1, 0.15) is 23.9 Å². The van der Waals surface area contributed by atoms with Gasteiger partial charge in [-0.05, 0) is 30.5 Å². The molecule has 3 N–H and O–H groups in total. The molecule has 108 valence electrons. The van der Waals surface area contributed by atoms with Gasteiger partial charge in [-0.1, -0.05) is 30.3 Å². The van der Waals surface area contributed by atoms with Crippen molar-refractivity contribution in [3.8, 4) is 0 Å². The smallest absolute Gasteiger partial charge is 0.186 e. The normalized spacial score (nSPS) is 12.7. The van der Waals surface area contributed by atoms with E-state index in [9.17, 15) is 8.78 Å². The molecule has 0 aliphatic rings. The zero-order chi connectivity index (χ0) is 14.8. The second-order valence-corrected chi connectivity index (χ2v) is 5.01. The number of aromatic amines is 1. The minimum atomic E-state index is -0.940. The van der Waals surface area contributed by atoms with Gasteiger partial charge in [-0.25, -0.2) is 13.8 Å². The number of halogens is 2. The first-order chi connectivity index (χ1) is 10.1. The Labute approximate surface area is 120 Å². The molecule has 0 aliphatic heterocycles. The molecule has 0 radical (unpaired) electrons. The third-order valence-corrected chi connectivity index (χ3v) is 3.50. The lowest BCUT2D eigenvalue weighted by atomic mass is 10.1. The van der Waals surface area contributed by atoms with Crippen LogP contribution in [0.3, 0.4) is 0 Å². The number of hydrogen-bond donors (Lipinski definition) is 2. The van der Waals surface area contributed by atoms with E-state index in [2.05, 4.69) is 9.97 Å². The number of benzene rings is 2. The van der Waals surface area contributed by atoms with Crippen molar-refractivity contribution in [1.29, 1.82) is 0 Å². The highest BCUT2D eigenvalue weighted by Gasteiger charge is 2.15. The third kappa shape index (κ3) is 2.78. The Kier molecular flexibility index (Phi) is 3.66. The van der Waals surface area contributed by atoms with Gasteiger partial charge in [0, 0.05) is 0 Å². The molecule has 21 heavy (non-hydrogen) atoms. The van der Waals surface area contributed by atoms with Crippen molar-refractivity contribution in [3.05, 3.63) is 65.5 Å². The van der Waals surface area contributed by atoms with Gasteiger partial charge >= 0.3 is 0 Å². The second-order valence-electron chi connectivity index (χ2n) is 5.01. The molecule has 0 saturated carbocycles.